The average Bonchev–Trinajstić information content (AvgIpc) is 2.98. The lowest BCUT2D eigenvalue weighted by Gasteiger charge is -2.34. The molecule has 1 atom stereocenters. The van der Waals surface area contributed by atoms with Crippen LogP contribution in [0.15, 0.2) is 76.6 Å². The van der Waals surface area contributed by atoms with Crippen LogP contribution in [0.5, 0.6) is 0 Å². The quantitative estimate of drug-likeness (QED) is 0.318. The average molecular weight is 628 g/mol. The number of aromatic nitrogens is 1. The molecular formula is C31H28F3N3O6S. The SMILES string of the molecule is CCNC(=O)c1c(Cc2cccc3ccccc23)c(-c2cccc(C(F)(F)F)c2)c2n(c1=O)C(C(=O)OC)CN(C)S2(=O)=O. The van der Waals surface area contributed by atoms with Crippen molar-refractivity contribution in [3.8, 4) is 11.1 Å². The highest BCUT2D eigenvalue weighted by atomic mass is 32.2. The molecule has 1 aromatic heterocycles. The third-order valence-corrected chi connectivity index (χ3v) is 9.49. The first-order valence-corrected chi connectivity index (χ1v) is 15.0. The number of nitrogens with one attached hydrogen (secondary N) is 1. The number of sulfonamides is 1. The Kier molecular flexibility index (Phi) is 8.12. The maximum absolute atomic E-state index is 14.3. The predicted molar refractivity (Wildman–Crippen MR) is 157 cm³/mol. The number of amides is 1. The highest BCUT2D eigenvalue weighted by Gasteiger charge is 2.44. The van der Waals surface area contributed by atoms with Crippen LogP contribution < -0.4 is 10.9 Å². The van der Waals surface area contributed by atoms with E-state index in [9.17, 15) is 36.0 Å². The van der Waals surface area contributed by atoms with Crippen molar-refractivity contribution < 1.29 is 35.9 Å². The molecule has 44 heavy (non-hydrogen) atoms. The molecule has 0 saturated heterocycles. The van der Waals surface area contributed by atoms with Gasteiger partial charge < -0.3 is 10.1 Å². The second-order valence-corrected chi connectivity index (χ2v) is 12.2. The fourth-order valence-electron chi connectivity index (χ4n) is 5.59. The Morgan fingerprint density at radius 1 is 1.05 bits per heavy atom. The van der Waals surface area contributed by atoms with Gasteiger partial charge >= 0.3 is 12.1 Å². The van der Waals surface area contributed by atoms with Crippen molar-refractivity contribution >= 4 is 32.7 Å². The largest absolute Gasteiger partial charge is 0.467 e. The van der Waals surface area contributed by atoms with E-state index >= 15 is 0 Å². The minimum Gasteiger partial charge on any atom is -0.467 e. The van der Waals surface area contributed by atoms with Gasteiger partial charge in [-0.05, 0) is 52.9 Å². The molecule has 0 bridgehead atoms. The number of benzene rings is 3. The second kappa shape index (κ2) is 11.5. The Labute approximate surface area is 250 Å². The minimum absolute atomic E-state index is 0.0914. The normalized spacial score (nSPS) is 16.4. The molecule has 1 aliphatic heterocycles. The first kappa shape index (κ1) is 31.0. The molecular weight excluding hydrogens is 599 g/mol. The zero-order chi connectivity index (χ0) is 32.0. The van der Waals surface area contributed by atoms with Crippen LogP contribution in [-0.2, 0) is 32.2 Å². The highest BCUT2D eigenvalue weighted by Crippen LogP contribution is 2.41. The van der Waals surface area contributed by atoms with Crippen molar-refractivity contribution in [2.24, 2.45) is 0 Å². The molecule has 13 heteroatoms. The standard InChI is InChI=1S/C31H28F3N3O6S/c1-4-35-27(38)26-23(16-19-11-7-10-18-9-5-6-14-22(18)19)25(20-12-8-13-21(15-20)31(32,33)34)29-37(28(26)39)24(30(40)43-3)17-36(2)44(29,41)42/h5-15,24H,4,16-17H2,1-3H3,(H,35,38). The number of carbonyl (C=O) groups excluding carboxylic acids is 2. The molecule has 1 unspecified atom stereocenters. The van der Waals surface area contributed by atoms with E-state index < -0.39 is 62.4 Å². The topological polar surface area (TPSA) is 115 Å². The molecule has 1 aliphatic rings. The summed E-state index contributed by atoms with van der Waals surface area (Å²) in [5.74, 6) is -1.83. The zero-order valence-electron chi connectivity index (χ0n) is 23.9. The van der Waals surface area contributed by atoms with E-state index in [1.54, 1.807) is 25.1 Å². The van der Waals surface area contributed by atoms with Crippen LogP contribution >= 0.6 is 0 Å². The summed E-state index contributed by atoms with van der Waals surface area (Å²) in [4.78, 5) is 40.8. The van der Waals surface area contributed by atoms with E-state index in [-0.39, 0.29) is 29.7 Å². The van der Waals surface area contributed by atoms with Crippen LogP contribution in [0.2, 0.25) is 0 Å². The Hall–Kier alpha value is -4.49. The third-order valence-electron chi connectivity index (χ3n) is 7.63. The van der Waals surface area contributed by atoms with Gasteiger partial charge in [0.2, 0.25) is 0 Å². The first-order chi connectivity index (χ1) is 20.8. The van der Waals surface area contributed by atoms with Crippen molar-refractivity contribution in [2.75, 3.05) is 27.2 Å². The van der Waals surface area contributed by atoms with Crippen LogP contribution in [0, 0.1) is 0 Å². The molecule has 0 spiro atoms. The van der Waals surface area contributed by atoms with Gasteiger partial charge in [-0.25, -0.2) is 13.2 Å². The number of hydrogen-bond acceptors (Lipinski definition) is 6. The number of pyridine rings is 1. The van der Waals surface area contributed by atoms with Crippen LogP contribution in [0.4, 0.5) is 13.2 Å². The fourth-order valence-corrected chi connectivity index (χ4v) is 7.18. The number of ether oxygens (including phenoxy) is 1. The number of methoxy groups -OCH3 is 1. The van der Waals surface area contributed by atoms with Gasteiger partial charge in [-0.3, -0.25) is 14.2 Å². The summed E-state index contributed by atoms with van der Waals surface area (Å²) in [6.45, 7) is 1.21. The van der Waals surface area contributed by atoms with Gasteiger partial charge in [-0.1, -0.05) is 54.6 Å². The van der Waals surface area contributed by atoms with E-state index in [1.165, 1.54) is 13.1 Å². The molecule has 5 rings (SSSR count). The van der Waals surface area contributed by atoms with Gasteiger partial charge in [0, 0.05) is 25.7 Å². The molecule has 1 N–H and O–H groups in total. The van der Waals surface area contributed by atoms with Crippen LogP contribution in [0.3, 0.4) is 0 Å². The molecule has 4 aromatic rings. The monoisotopic (exact) mass is 627 g/mol. The van der Waals surface area contributed by atoms with E-state index in [2.05, 4.69) is 5.32 Å². The summed E-state index contributed by atoms with van der Waals surface area (Å²) in [7, 11) is -2.33. The van der Waals surface area contributed by atoms with Crippen molar-refractivity contribution in [3.05, 3.63) is 99.3 Å². The summed E-state index contributed by atoms with van der Waals surface area (Å²) < 4.78 is 76.2. The molecule has 9 nitrogen and oxygen atoms in total. The van der Waals surface area contributed by atoms with Crippen LogP contribution in [0.25, 0.3) is 21.9 Å². The fraction of sp³-hybridized carbons (Fsp3) is 0.258. The van der Waals surface area contributed by atoms with Crippen LogP contribution in [0.1, 0.15) is 40.0 Å². The minimum atomic E-state index is -4.79. The number of carbonyl (C=O) groups is 2. The van der Waals surface area contributed by atoms with Gasteiger partial charge in [0.25, 0.3) is 21.5 Å². The molecule has 0 fully saturated rings. The van der Waals surface area contributed by atoms with Gasteiger partial charge in [-0.2, -0.15) is 17.5 Å². The summed E-state index contributed by atoms with van der Waals surface area (Å²) in [6, 6.07) is 15.1. The first-order valence-electron chi connectivity index (χ1n) is 13.6. The van der Waals surface area contributed by atoms with Crippen molar-refractivity contribution in [1.82, 2.24) is 14.2 Å². The summed E-state index contributed by atoms with van der Waals surface area (Å²) in [5, 5.41) is 3.42. The number of rotatable bonds is 6. The Morgan fingerprint density at radius 2 is 1.73 bits per heavy atom. The zero-order valence-corrected chi connectivity index (χ0v) is 24.8. The summed E-state index contributed by atoms with van der Waals surface area (Å²) >= 11 is 0. The lowest BCUT2D eigenvalue weighted by atomic mass is 9.89. The molecule has 230 valence electrons. The molecule has 0 saturated carbocycles. The van der Waals surface area contributed by atoms with E-state index in [1.807, 2.05) is 24.3 Å². The van der Waals surface area contributed by atoms with Crippen molar-refractivity contribution in [3.63, 3.8) is 0 Å². The number of esters is 1. The number of alkyl halides is 3. The van der Waals surface area contributed by atoms with Gasteiger partial charge in [0.15, 0.2) is 5.03 Å². The number of hydrogen-bond donors (Lipinski definition) is 1. The summed E-state index contributed by atoms with van der Waals surface area (Å²) in [6.07, 6.45) is -4.98. The Morgan fingerprint density at radius 3 is 2.41 bits per heavy atom. The maximum atomic E-state index is 14.3. The number of nitrogens with zero attached hydrogens (tertiary/aromatic N) is 2. The Bertz CT molecular complexity index is 1970. The van der Waals surface area contributed by atoms with Crippen LogP contribution in [-0.4, -0.2) is 56.4 Å². The number of fused-ring (bicyclic) bond motifs is 2. The number of halogens is 3. The Balaban J connectivity index is 2.00. The summed E-state index contributed by atoms with van der Waals surface area (Å²) in [5.41, 5.74) is -2.62. The molecule has 1 amide bonds. The highest BCUT2D eigenvalue weighted by molar-refractivity contribution is 7.89. The molecule has 0 radical (unpaired) electrons. The molecule has 2 heterocycles. The van der Waals surface area contributed by atoms with Crippen molar-refractivity contribution in [2.45, 2.75) is 30.6 Å². The molecule has 0 aliphatic carbocycles. The van der Waals surface area contributed by atoms with Crippen molar-refractivity contribution in [1.29, 1.82) is 0 Å². The second-order valence-electron chi connectivity index (χ2n) is 10.3. The van der Waals surface area contributed by atoms with Gasteiger partial charge in [0.05, 0.1) is 12.7 Å². The molecule has 3 aromatic carbocycles. The third kappa shape index (κ3) is 5.26. The lowest BCUT2D eigenvalue weighted by molar-refractivity contribution is -0.145. The van der Waals surface area contributed by atoms with E-state index in [0.717, 1.165) is 40.4 Å². The lowest BCUT2D eigenvalue weighted by Crippen LogP contribution is -2.50. The van der Waals surface area contributed by atoms with E-state index in [4.69, 9.17) is 4.74 Å². The maximum Gasteiger partial charge on any atom is 0.416 e. The van der Waals surface area contributed by atoms with Gasteiger partial charge in [-0.15, -0.1) is 0 Å². The number of likely N-dealkylation sites (N-methyl/N-ethyl adjacent to an activating group) is 1. The van der Waals surface area contributed by atoms with Gasteiger partial charge in [0.1, 0.15) is 11.6 Å². The van der Waals surface area contributed by atoms with E-state index in [0.29, 0.717) is 10.1 Å². The smallest absolute Gasteiger partial charge is 0.416 e. The predicted octanol–water partition coefficient (Wildman–Crippen LogP) is 4.38.